The number of ketones is 1. The molecule has 33 heavy (non-hydrogen) atoms. The van der Waals surface area contributed by atoms with Gasteiger partial charge in [0, 0.05) is 12.0 Å². The third-order valence-electron chi connectivity index (χ3n) is 5.90. The molecular formula is C21H30O12. The summed E-state index contributed by atoms with van der Waals surface area (Å²) < 4.78 is 21.4. The normalized spacial score (nSPS) is 39.3. The van der Waals surface area contributed by atoms with Gasteiger partial charge in [0.25, 0.3) is 0 Å². The summed E-state index contributed by atoms with van der Waals surface area (Å²) in [7, 11) is 1.49. The predicted molar refractivity (Wildman–Crippen MR) is 108 cm³/mol. The quantitative estimate of drug-likeness (QED) is 0.188. The molecule has 0 amide bonds. The lowest BCUT2D eigenvalue weighted by Crippen LogP contribution is -2.64. The van der Waals surface area contributed by atoms with Crippen molar-refractivity contribution in [2.45, 2.75) is 67.6 Å². The molecule has 0 radical (unpaired) electrons. The maximum absolute atomic E-state index is 12.6. The van der Waals surface area contributed by atoms with Crippen molar-refractivity contribution in [1.29, 1.82) is 0 Å². The molecule has 0 unspecified atom stereocenters. The number of aliphatic hydroxyl groups is 7. The van der Waals surface area contributed by atoms with Gasteiger partial charge in [-0.2, -0.15) is 0 Å². The molecule has 2 fully saturated rings. The fraction of sp³-hybridized carbons (Fsp3) is 0.667. The van der Waals surface area contributed by atoms with Gasteiger partial charge in [0.2, 0.25) is 0 Å². The van der Waals surface area contributed by atoms with E-state index in [9.17, 15) is 40.5 Å². The van der Waals surface area contributed by atoms with E-state index >= 15 is 0 Å². The van der Waals surface area contributed by atoms with Gasteiger partial charge in [0.05, 0.1) is 26.4 Å². The van der Waals surface area contributed by atoms with E-state index in [4.69, 9.17) is 18.9 Å². The van der Waals surface area contributed by atoms with Gasteiger partial charge in [-0.25, -0.2) is 0 Å². The van der Waals surface area contributed by atoms with Crippen LogP contribution in [0.4, 0.5) is 0 Å². The molecule has 2 heterocycles. The van der Waals surface area contributed by atoms with Crippen molar-refractivity contribution >= 4 is 5.78 Å². The van der Waals surface area contributed by atoms with Crippen LogP contribution in [-0.2, 0) is 14.2 Å². The smallest absolute Gasteiger partial charge is 0.187 e. The monoisotopic (exact) mass is 474 g/mol. The van der Waals surface area contributed by atoms with E-state index in [0.717, 1.165) is 0 Å². The lowest BCUT2D eigenvalue weighted by atomic mass is 9.91. The highest BCUT2D eigenvalue weighted by atomic mass is 16.7. The summed E-state index contributed by atoms with van der Waals surface area (Å²) in [6.45, 7) is -1.35. The fourth-order valence-corrected chi connectivity index (χ4v) is 3.91. The lowest BCUT2D eigenvalue weighted by Gasteiger charge is -2.46. The first kappa shape index (κ1) is 25.9. The van der Waals surface area contributed by atoms with Crippen LogP contribution < -0.4 is 4.74 Å². The second kappa shape index (κ2) is 11.1. The molecule has 12 heteroatoms. The summed E-state index contributed by atoms with van der Waals surface area (Å²) in [5.74, 6) is 0.184. The van der Waals surface area contributed by atoms with Crippen molar-refractivity contribution in [3.05, 3.63) is 29.8 Å². The highest BCUT2D eigenvalue weighted by molar-refractivity contribution is 5.96. The van der Waals surface area contributed by atoms with Crippen LogP contribution in [0.2, 0.25) is 0 Å². The number of carbonyl (C=O) groups excluding carboxylic acids is 1. The molecule has 0 aliphatic carbocycles. The Morgan fingerprint density at radius 3 is 2.00 bits per heavy atom. The topological polar surface area (TPSA) is 196 Å². The van der Waals surface area contributed by atoms with Gasteiger partial charge in [-0.05, 0) is 24.3 Å². The van der Waals surface area contributed by atoms with Gasteiger partial charge >= 0.3 is 0 Å². The Bertz CT molecular complexity index is 769. The van der Waals surface area contributed by atoms with Crippen LogP contribution in [-0.4, -0.2) is 123 Å². The molecule has 3 rings (SSSR count). The van der Waals surface area contributed by atoms with Crippen molar-refractivity contribution in [2.24, 2.45) is 0 Å². The van der Waals surface area contributed by atoms with E-state index in [1.807, 2.05) is 0 Å². The molecule has 186 valence electrons. The molecule has 2 saturated heterocycles. The van der Waals surface area contributed by atoms with Crippen LogP contribution in [0.25, 0.3) is 0 Å². The van der Waals surface area contributed by atoms with Gasteiger partial charge in [-0.15, -0.1) is 0 Å². The van der Waals surface area contributed by atoms with Gasteiger partial charge in [0.15, 0.2) is 12.1 Å². The van der Waals surface area contributed by atoms with E-state index in [1.54, 1.807) is 24.3 Å². The Morgan fingerprint density at radius 1 is 0.818 bits per heavy atom. The zero-order valence-corrected chi connectivity index (χ0v) is 17.9. The van der Waals surface area contributed by atoms with Gasteiger partial charge in [0.1, 0.15) is 54.6 Å². The first-order chi connectivity index (χ1) is 15.7. The maximum Gasteiger partial charge on any atom is 0.187 e. The summed E-state index contributed by atoms with van der Waals surface area (Å²) in [5.41, 5.74) is 0.335. The van der Waals surface area contributed by atoms with E-state index in [2.05, 4.69) is 0 Å². The van der Waals surface area contributed by atoms with E-state index in [-0.39, 0.29) is 12.2 Å². The maximum atomic E-state index is 12.6. The van der Waals surface area contributed by atoms with Crippen LogP contribution >= 0.6 is 0 Å². The van der Waals surface area contributed by atoms with E-state index in [1.165, 1.54) is 7.11 Å². The average molecular weight is 474 g/mol. The van der Waals surface area contributed by atoms with Crippen LogP contribution in [0.15, 0.2) is 24.3 Å². The van der Waals surface area contributed by atoms with Crippen molar-refractivity contribution in [3.8, 4) is 5.75 Å². The minimum Gasteiger partial charge on any atom is -0.497 e. The van der Waals surface area contributed by atoms with E-state index in [0.29, 0.717) is 11.3 Å². The van der Waals surface area contributed by atoms with Crippen LogP contribution in [0.1, 0.15) is 16.8 Å². The second-order valence-electron chi connectivity index (χ2n) is 8.03. The predicted octanol–water partition coefficient (Wildman–Crippen LogP) is -3.07. The van der Waals surface area contributed by atoms with Gasteiger partial charge < -0.3 is 54.7 Å². The van der Waals surface area contributed by atoms with Crippen molar-refractivity contribution < 1.29 is 59.5 Å². The Hall–Kier alpha value is -1.71. The highest BCUT2D eigenvalue weighted by Gasteiger charge is 2.50. The molecule has 1 aromatic carbocycles. The second-order valence-corrected chi connectivity index (χ2v) is 8.03. The molecule has 7 N–H and O–H groups in total. The Labute approximate surface area is 189 Å². The third kappa shape index (κ3) is 5.52. The molecular weight excluding hydrogens is 444 g/mol. The SMILES string of the molecule is COc1ccc(C(=O)C[C@@H]2O[C@H](CO)[C@@H](O[C@H]3O[C@H](CO)[C@@H](O)[C@H](O)[C@H]3O)[C@H](O)[C@H]2O)cc1. The van der Waals surface area contributed by atoms with Gasteiger partial charge in [-0.3, -0.25) is 4.79 Å². The highest BCUT2D eigenvalue weighted by Crippen LogP contribution is 2.30. The molecule has 0 saturated carbocycles. The summed E-state index contributed by atoms with van der Waals surface area (Å²) in [4.78, 5) is 12.6. The molecule has 2 aliphatic heterocycles. The molecule has 1 aromatic rings. The number of aliphatic hydroxyl groups excluding tert-OH is 7. The Morgan fingerprint density at radius 2 is 1.42 bits per heavy atom. The molecule has 12 nitrogen and oxygen atoms in total. The standard InChI is InChI=1S/C21H30O12/c1-30-10-4-2-9(3-5-10)11(24)6-12-15(25)18(28)20(14(8-23)31-12)33-21-19(29)17(27)16(26)13(7-22)32-21/h2-5,12-23,25-29H,6-8H2,1H3/t12-,13+,14+,15-,16+,17-,18+,19+,20+,21+/m0/s1. The zero-order valence-electron chi connectivity index (χ0n) is 17.9. The summed E-state index contributed by atoms with van der Waals surface area (Å²) in [6, 6.07) is 6.28. The van der Waals surface area contributed by atoms with Crippen molar-refractivity contribution in [2.75, 3.05) is 20.3 Å². The summed E-state index contributed by atoms with van der Waals surface area (Å²) >= 11 is 0. The fourth-order valence-electron chi connectivity index (χ4n) is 3.91. The average Bonchev–Trinajstić information content (AvgIpc) is 2.83. The zero-order chi connectivity index (χ0) is 24.3. The molecule has 0 spiro atoms. The van der Waals surface area contributed by atoms with Crippen LogP contribution in [0, 0.1) is 0 Å². The van der Waals surface area contributed by atoms with E-state index < -0.39 is 74.4 Å². The number of carbonyl (C=O) groups is 1. The Kier molecular flexibility index (Phi) is 8.75. The minimum atomic E-state index is -1.75. The number of benzene rings is 1. The third-order valence-corrected chi connectivity index (χ3v) is 5.90. The van der Waals surface area contributed by atoms with Gasteiger partial charge in [-0.1, -0.05) is 0 Å². The molecule has 0 aromatic heterocycles. The number of rotatable bonds is 8. The largest absolute Gasteiger partial charge is 0.497 e. The minimum absolute atomic E-state index is 0.298. The van der Waals surface area contributed by atoms with Crippen LogP contribution in [0.3, 0.4) is 0 Å². The molecule has 0 bridgehead atoms. The lowest BCUT2D eigenvalue weighted by molar-refractivity contribution is -0.341. The number of hydrogen-bond acceptors (Lipinski definition) is 12. The van der Waals surface area contributed by atoms with Crippen molar-refractivity contribution in [3.63, 3.8) is 0 Å². The number of Topliss-reactive ketones (excluding diaryl/α,β-unsaturated/α-hetero) is 1. The number of hydrogen-bond donors (Lipinski definition) is 7. The summed E-state index contributed by atoms with van der Waals surface area (Å²) in [6.07, 6.45) is -15.3. The Balaban J connectivity index is 1.68. The molecule has 10 atom stereocenters. The first-order valence-electron chi connectivity index (χ1n) is 10.5. The molecule has 2 aliphatic rings. The first-order valence-corrected chi connectivity index (χ1v) is 10.5. The number of methoxy groups -OCH3 is 1. The summed E-state index contributed by atoms with van der Waals surface area (Å²) in [5, 5.41) is 70.2. The van der Waals surface area contributed by atoms with Crippen LogP contribution in [0.5, 0.6) is 5.75 Å². The van der Waals surface area contributed by atoms with Crippen molar-refractivity contribution in [1.82, 2.24) is 0 Å². The number of ether oxygens (including phenoxy) is 4.